The predicted molar refractivity (Wildman–Crippen MR) is 75.0 cm³/mol. The maximum absolute atomic E-state index is 11.9. The van der Waals surface area contributed by atoms with Gasteiger partial charge in [0.2, 0.25) is 5.91 Å². The van der Waals surface area contributed by atoms with E-state index in [2.05, 4.69) is 10.4 Å². The van der Waals surface area contributed by atoms with Gasteiger partial charge in [-0.3, -0.25) is 9.48 Å². The van der Waals surface area contributed by atoms with E-state index in [-0.39, 0.29) is 24.3 Å². The molecule has 0 aliphatic rings. The molecule has 0 fully saturated rings. The monoisotopic (exact) mass is 282 g/mol. The van der Waals surface area contributed by atoms with E-state index in [0.29, 0.717) is 12.3 Å². The molecule has 0 aliphatic heterocycles. The Morgan fingerprint density at radius 3 is 2.75 bits per heavy atom. The highest BCUT2D eigenvalue weighted by Gasteiger charge is 2.32. The van der Waals surface area contributed by atoms with Gasteiger partial charge in [-0.1, -0.05) is 6.92 Å². The molecule has 1 rings (SSSR count). The summed E-state index contributed by atoms with van der Waals surface area (Å²) < 4.78 is 6.47. The Bertz CT molecular complexity index is 482. The molecule has 0 bridgehead atoms. The summed E-state index contributed by atoms with van der Waals surface area (Å²) in [5.41, 5.74) is 5.02. The standard InChI is InChI=1S/C13H22N4O3/c1-5-20-12(19)13(3,4)17-8-10(7-15-17)16-11(18)9(2)6-14/h7-9H,5-6,14H2,1-4H3,(H,16,18). The second kappa shape index (κ2) is 6.51. The maximum atomic E-state index is 11.9. The van der Waals surface area contributed by atoms with Crippen LogP contribution in [0.25, 0.3) is 0 Å². The van der Waals surface area contributed by atoms with Crippen LogP contribution in [0.2, 0.25) is 0 Å². The zero-order chi connectivity index (χ0) is 15.3. The zero-order valence-corrected chi connectivity index (χ0v) is 12.3. The Morgan fingerprint density at radius 2 is 2.20 bits per heavy atom. The molecule has 112 valence electrons. The van der Waals surface area contributed by atoms with Gasteiger partial charge in [-0.25, -0.2) is 4.79 Å². The van der Waals surface area contributed by atoms with Crippen molar-refractivity contribution in [3.8, 4) is 0 Å². The first-order valence-corrected chi connectivity index (χ1v) is 6.56. The average Bonchev–Trinajstić information content (AvgIpc) is 2.87. The summed E-state index contributed by atoms with van der Waals surface area (Å²) in [5.74, 6) is -0.839. The first kappa shape index (κ1) is 16.2. The molecule has 7 nitrogen and oxygen atoms in total. The van der Waals surface area contributed by atoms with Gasteiger partial charge >= 0.3 is 5.97 Å². The van der Waals surface area contributed by atoms with Gasteiger partial charge in [0.1, 0.15) is 0 Å². The number of esters is 1. The molecule has 7 heteroatoms. The first-order chi connectivity index (χ1) is 9.32. The van der Waals surface area contributed by atoms with Crippen LogP contribution in [0.5, 0.6) is 0 Å². The molecule has 1 amide bonds. The molecular formula is C13H22N4O3. The summed E-state index contributed by atoms with van der Waals surface area (Å²) in [7, 11) is 0. The molecule has 0 aromatic carbocycles. The fraction of sp³-hybridized carbons (Fsp3) is 0.615. The van der Waals surface area contributed by atoms with E-state index >= 15 is 0 Å². The number of anilines is 1. The Morgan fingerprint density at radius 1 is 1.55 bits per heavy atom. The molecule has 0 aliphatic carbocycles. The molecule has 3 N–H and O–H groups in total. The molecule has 0 saturated heterocycles. The molecule has 1 heterocycles. The number of rotatable bonds is 6. The van der Waals surface area contributed by atoms with Crippen molar-refractivity contribution in [2.75, 3.05) is 18.5 Å². The van der Waals surface area contributed by atoms with Crippen molar-refractivity contribution in [2.24, 2.45) is 11.7 Å². The summed E-state index contributed by atoms with van der Waals surface area (Å²) in [6, 6.07) is 0. The minimum Gasteiger partial charge on any atom is -0.464 e. The van der Waals surface area contributed by atoms with Crippen molar-refractivity contribution in [3.05, 3.63) is 12.4 Å². The number of aromatic nitrogens is 2. The highest BCUT2D eigenvalue weighted by Crippen LogP contribution is 2.19. The van der Waals surface area contributed by atoms with E-state index in [9.17, 15) is 9.59 Å². The van der Waals surface area contributed by atoms with E-state index in [1.54, 1.807) is 33.9 Å². The molecule has 1 aromatic rings. The number of hydrogen-bond donors (Lipinski definition) is 2. The normalized spacial score (nSPS) is 12.8. The molecule has 0 spiro atoms. The van der Waals surface area contributed by atoms with Gasteiger partial charge in [-0.15, -0.1) is 0 Å². The molecule has 0 radical (unpaired) electrons. The van der Waals surface area contributed by atoms with Crippen LogP contribution in [-0.4, -0.2) is 34.8 Å². The van der Waals surface area contributed by atoms with Crippen LogP contribution in [0, 0.1) is 5.92 Å². The van der Waals surface area contributed by atoms with Crippen molar-refractivity contribution < 1.29 is 14.3 Å². The number of amides is 1. The van der Waals surface area contributed by atoms with E-state index in [1.165, 1.54) is 10.9 Å². The smallest absolute Gasteiger partial charge is 0.333 e. The van der Waals surface area contributed by atoms with Crippen LogP contribution in [0.15, 0.2) is 12.4 Å². The Balaban J connectivity index is 2.81. The number of nitrogens with one attached hydrogen (secondary N) is 1. The van der Waals surface area contributed by atoms with Gasteiger partial charge in [-0.05, 0) is 20.8 Å². The second-order valence-electron chi connectivity index (χ2n) is 5.08. The SMILES string of the molecule is CCOC(=O)C(C)(C)n1cc(NC(=O)C(C)CN)cn1. The number of nitrogens with zero attached hydrogens (tertiary/aromatic N) is 2. The summed E-state index contributed by atoms with van der Waals surface area (Å²) in [6.45, 7) is 7.47. The van der Waals surface area contributed by atoms with E-state index < -0.39 is 5.54 Å². The van der Waals surface area contributed by atoms with Crippen LogP contribution in [0.4, 0.5) is 5.69 Å². The van der Waals surface area contributed by atoms with Gasteiger partial charge in [0.15, 0.2) is 5.54 Å². The third-order valence-electron chi connectivity index (χ3n) is 3.00. The number of hydrogen-bond acceptors (Lipinski definition) is 5. The number of nitrogens with two attached hydrogens (primary N) is 1. The van der Waals surface area contributed by atoms with Crippen LogP contribution in [0.3, 0.4) is 0 Å². The summed E-state index contributed by atoms with van der Waals surface area (Å²) in [4.78, 5) is 23.6. The van der Waals surface area contributed by atoms with E-state index in [1.807, 2.05) is 0 Å². The van der Waals surface area contributed by atoms with Crippen molar-refractivity contribution in [2.45, 2.75) is 33.2 Å². The van der Waals surface area contributed by atoms with Gasteiger partial charge < -0.3 is 15.8 Å². The second-order valence-corrected chi connectivity index (χ2v) is 5.08. The van der Waals surface area contributed by atoms with Crippen molar-refractivity contribution >= 4 is 17.6 Å². The summed E-state index contributed by atoms with van der Waals surface area (Å²) in [5, 5.41) is 6.80. The zero-order valence-electron chi connectivity index (χ0n) is 12.3. The molecule has 1 atom stereocenters. The van der Waals surface area contributed by atoms with E-state index in [0.717, 1.165) is 0 Å². The lowest BCUT2D eigenvalue weighted by Crippen LogP contribution is -2.37. The first-order valence-electron chi connectivity index (χ1n) is 6.56. The fourth-order valence-corrected chi connectivity index (χ4v) is 1.47. The predicted octanol–water partition coefficient (Wildman–Crippen LogP) is 0.715. The lowest BCUT2D eigenvalue weighted by molar-refractivity contribution is -0.152. The molecule has 1 aromatic heterocycles. The van der Waals surface area contributed by atoms with Crippen LogP contribution in [0.1, 0.15) is 27.7 Å². The third kappa shape index (κ3) is 3.57. The van der Waals surface area contributed by atoms with Gasteiger partial charge in [0.05, 0.1) is 18.5 Å². The quantitative estimate of drug-likeness (QED) is 0.749. The van der Waals surface area contributed by atoms with Crippen molar-refractivity contribution in [3.63, 3.8) is 0 Å². The Labute approximate surface area is 118 Å². The third-order valence-corrected chi connectivity index (χ3v) is 3.00. The lowest BCUT2D eigenvalue weighted by atomic mass is 10.1. The number of ether oxygens (including phenoxy) is 1. The average molecular weight is 282 g/mol. The largest absolute Gasteiger partial charge is 0.464 e. The molecule has 1 unspecified atom stereocenters. The fourth-order valence-electron chi connectivity index (χ4n) is 1.47. The van der Waals surface area contributed by atoms with Crippen LogP contribution < -0.4 is 11.1 Å². The summed E-state index contributed by atoms with van der Waals surface area (Å²) in [6.07, 6.45) is 3.08. The Kier molecular flexibility index (Phi) is 5.26. The number of carbonyl (C=O) groups is 2. The maximum Gasteiger partial charge on any atom is 0.333 e. The van der Waals surface area contributed by atoms with Crippen LogP contribution in [-0.2, 0) is 19.9 Å². The Hall–Kier alpha value is -1.89. The summed E-state index contributed by atoms with van der Waals surface area (Å²) >= 11 is 0. The minimum atomic E-state index is -0.932. The highest BCUT2D eigenvalue weighted by molar-refractivity contribution is 5.92. The van der Waals surface area contributed by atoms with Crippen molar-refractivity contribution in [1.29, 1.82) is 0 Å². The van der Waals surface area contributed by atoms with Gasteiger partial charge in [0, 0.05) is 18.7 Å². The topological polar surface area (TPSA) is 99.2 Å². The molecule has 0 saturated carbocycles. The minimum absolute atomic E-state index is 0.180. The number of carbonyl (C=O) groups excluding carboxylic acids is 2. The molecular weight excluding hydrogens is 260 g/mol. The lowest BCUT2D eigenvalue weighted by Gasteiger charge is -2.22. The molecule has 20 heavy (non-hydrogen) atoms. The van der Waals surface area contributed by atoms with E-state index in [4.69, 9.17) is 10.5 Å². The van der Waals surface area contributed by atoms with Gasteiger partial charge in [0.25, 0.3) is 0 Å². The highest BCUT2D eigenvalue weighted by atomic mass is 16.5. The van der Waals surface area contributed by atoms with Crippen LogP contribution >= 0.6 is 0 Å². The van der Waals surface area contributed by atoms with Crippen molar-refractivity contribution in [1.82, 2.24) is 9.78 Å². The van der Waals surface area contributed by atoms with Gasteiger partial charge in [-0.2, -0.15) is 5.10 Å².